The number of aromatic nitrogens is 2. The molecule has 0 saturated heterocycles. The van der Waals surface area contributed by atoms with E-state index in [0.717, 1.165) is 33.2 Å². The Hall–Kier alpha value is -3.93. The third kappa shape index (κ3) is 3.67. The first-order chi connectivity index (χ1) is 14.6. The molecule has 30 heavy (non-hydrogen) atoms. The molecule has 0 unspecified atom stereocenters. The summed E-state index contributed by atoms with van der Waals surface area (Å²) in [6, 6.07) is 19.6. The minimum Gasteiger partial charge on any atom is -0.494 e. The Labute approximate surface area is 174 Å². The summed E-state index contributed by atoms with van der Waals surface area (Å²) >= 11 is 0. The number of fused-ring (bicyclic) bond motifs is 1. The molecule has 6 nitrogen and oxygen atoms in total. The maximum absolute atomic E-state index is 11.0. The summed E-state index contributed by atoms with van der Waals surface area (Å²) in [7, 11) is 3.40. The van der Waals surface area contributed by atoms with Crippen LogP contribution < -0.4 is 10.1 Å². The average Bonchev–Trinajstić information content (AvgIpc) is 2.78. The summed E-state index contributed by atoms with van der Waals surface area (Å²) in [5.74, 6) is 0.303. The molecule has 0 amide bonds. The van der Waals surface area contributed by atoms with Gasteiger partial charge in [-0.05, 0) is 28.3 Å². The first-order valence-corrected chi connectivity index (χ1v) is 9.52. The third-order valence-electron chi connectivity index (χ3n) is 4.96. The first-order valence-electron chi connectivity index (χ1n) is 9.52. The van der Waals surface area contributed by atoms with Gasteiger partial charge in [0.1, 0.15) is 5.52 Å². The number of aliphatic carboxylic acids is 1. The Bertz CT molecular complexity index is 1210. The number of carbonyl (C=O) groups is 1. The van der Waals surface area contributed by atoms with Gasteiger partial charge >= 0.3 is 5.97 Å². The van der Waals surface area contributed by atoms with Gasteiger partial charge in [-0.25, -0.2) is 9.97 Å². The van der Waals surface area contributed by atoms with E-state index in [2.05, 4.69) is 21.4 Å². The van der Waals surface area contributed by atoms with Gasteiger partial charge < -0.3 is 15.2 Å². The molecule has 0 atom stereocenters. The lowest BCUT2D eigenvalue weighted by Gasteiger charge is -2.16. The van der Waals surface area contributed by atoms with Crippen LogP contribution in [-0.4, -0.2) is 35.2 Å². The van der Waals surface area contributed by atoms with Crippen LogP contribution in [0.3, 0.4) is 0 Å². The molecule has 0 aliphatic heterocycles. The van der Waals surface area contributed by atoms with Crippen LogP contribution in [0.4, 0.5) is 5.95 Å². The van der Waals surface area contributed by atoms with E-state index in [1.165, 1.54) is 0 Å². The lowest BCUT2D eigenvalue weighted by Crippen LogP contribution is -2.01. The number of anilines is 1. The van der Waals surface area contributed by atoms with Crippen LogP contribution in [0.5, 0.6) is 5.75 Å². The Balaban J connectivity index is 1.97. The molecule has 4 rings (SSSR count). The van der Waals surface area contributed by atoms with Crippen LogP contribution in [0.1, 0.15) is 5.56 Å². The zero-order chi connectivity index (χ0) is 21.1. The number of hydrogen-bond acceptors (Lipinski definition) is 5. The van der Waals surface area contributed by atoms with E-state index in [1.54, 1.807) is 20.4 Å². The van der Waals surface area contributed by atoms with Crippen LogP contribution in [0.15, 0.2) is 66.9 Å². The van der Waals surface area contributed by atoms with Crippen LogP contribution in [0, 0.1) is 0 Å². The highest BCUT2D eigenvalue weighted by atomic mass is 16.5. The van der Waals surface area contributed by atoms with Crippen molar-refractivity contribution in [3.63, 3.8) is 0 Å². The molecule has 3 aromatic carbocycles. The van der Waals surface area contributed by atoms with Crippen molar-refractivity contribution >= 4 is 22.8 Å². The standard InChI is InChI=1S/C24H21N3O3/c1-25-24-26-14-20-18(16-6-4-3-5-7-16)13-19(23(30-2)22(20)27-24)17-10-8-15(9-11-17)12-21(28)29/h3-11,13-14H,12H2,1-2H3,(H,28,29)(H,25,26,27). The SMILES string of the molecule is CNc1ncc2c(-c3ccccc3)cc(-c3ccc(CC(=O)O)cc3)c(OC)c2n1. The van der Waals surface area contributed by atoms with Gasteiger partial charge in [-0.1, -0.05) is 54.6 Å². The van der Waals surface area contributed by atoms with Gasteiger partial charge in [0.2, 0.25) is 5.95 Å². The van der Waals surface area contributed by atoms with Crippen LogP contribution in [0.2, 0.25) is 0 Å². The molecule has 1 aromatic heterocycles. The summed E-state index contributed by atoms with van der Waals surface area (Å²) in [5, 5.41) is 12.9. The fourth-order valence-corrected chi connectivity index (χ4v) is 3.54. The summed E-state index contributed by atoms with van der Waals surface area (Å²) in [6.07, 6.45) is 1.79. The number of methoxy groups -OCH3 is 1. The maximum atomic E-state index is 11.0. The predicted octanol–water partition coefficient (Wildman–Crippen LogP) is 4.64. The molecule has 6 heteroatoms. The fraction of sp³-hybridized carbons (Fsp3) is 0.125. The van der Waals surface area contributed by atoms with Gasteiger partial charge in [0, 0.05) is 24.2 Å². The lowest BCUT2D eigenvalue weighted by molar-refractivity contribution is -0.136. The summed E-state index contributed by atoms with van der Waals surface area (Å²) in [4.78, 5) is 20.1. The van der Waals surface area contributed by atoms with Crippen molar-refractivity contribution in [1.82, 2.24) is 9.97 Å². The zero-order valence-corrected chi connectivity index (χ0v) is 16.7. The van der Waals surface area contributed by atoms with Crippen LogP contribution in [0.25, 0.3) is 33.2 Å². The van der Waals surface area contributed by atoms with Crippen molar-refractivity contribution in [2.24, 2.45) is 0 Å². The number of hydrogen-bond donors (Lipinski definition) is 2. The van der Waals surface area contributed by atoms with Gasteiger partial charge in [0.05, 0.1) is 13.5 Å². The van der Waals surface area contributed by atoms with Gasteiger partial charge in [-0.15, -0.1) is 0 Å². The second-order valence-electron chi connectivity index (χ2n) is 6.84. The summed E-state index contributed by atoms with van der Waals surface area (Å²) in [5.41, 5.74) is 5.31. The number of carboxylic acid groups (broad SMARTS) is 1. The number of rotatable bonds is 6. The van der Waals surface area contributed by atoms with Crippen molar-refractivity contribution in [1.29, 1.82) is 0 Å². The van der Waals surface area contributed by atoms with Crippen molar-refractivity contribution in [3.05, 3.63) is 72.4 Å². The van der Waals surface area contributed by atoms with Crippen molar-refractivity contribution in [2.45, 2.75) is 6.42 Å². The van der Waals surface area contributed by atoms with E-state index in [0.29, 0.717) is 17.2 Å². The molecule has 1 heterocycles. The van der Waals surface area contributed by atoms with Crippen molar-refractivity contribution < 1.29 is 14.6 Å². The molecule has 0 bridgehead atoms. The molecule has 0 radical (unpaired) electrons. The zero-order valence-electron chi connectivity index (χ0n) is 16.7. The molecular formula is C24H21N3O3. The first kappa shape index (κ1) is 19.4. The monoisotopic (exact) mass is 399 g/mol. The molecule has 2 N–H and O–H groups in total. The smallest absolute Gasteiger partial charge is 0.307 e. The summed E-state index contributed by atoms with van der Waals surface area (Å²) < 4.78 is 5.79. The Morgan fingerprint density at radius 2 is 1.73 bits per heavy atom. The van der Waals surface area contributed by atoms with Crippen molar-refractivity contribution in [3.8, 4) is 28.0 Å². The Kier molecular flexibility index (Phi) is 5.30. The number of ether oxygens (including phenoxy) is 1. The maximum Gasteiger partial charge on any atom is 0.307 e. The summed E-state index contributed by atoms with van der Waals surface area (Å²) in [6.45, 7) is 0. The number of benzene rings is 3. The highest BCUT2D eigenvalue weighted by Crippen LogP contribution is 2.41. The van der Waals surface area contributed by atoms with E-state index in [9.17, 15) is 4.79 Å². The molecular weight excluding hydrogens is 378 g/mol. The predicted molar refractivity (Wildman–Crippen MR) is 118 cm³/mol. The minimum atomic E-state index is -0.853. The van der Waals surface area contributed by atoms with E-state index in [1.807, 2.05) is 54.6 Å². The molecule has 0 saturated carbocycles. The Morgan fingerprint density at radius 1 is 1.03 bits per heavy atom. The second kappa shape index (κ2) is 8.21. The molecule has 0 aliphatic carbocycles. The number of carboxylic acids is 1. The topological polar surface area (TPSA) is 84.3 Å². The van der Waals surface area contributed by atoms with Gasteiger partial charge in [-0.3, -0.25) is 4.79 Å². The minimum absolute atomic E-state index is 0.0108. The molecule has 0 fully saturated rings. The fourth-order valence-electron chi connectivity index (χ4n) is 3.54. The second-order valence-corrected chi connectivity index (χ2v) is 6.84. The highest BCUT2D eigenvalue weighted by Gasteiger charge is 2.18. The molecule has 4 aromatic rings. The number of nitrogens with zero attached hydrogens (tertiary/aromatic N) is 2. The third-order valence-corrected chi connectivity index (χ3v) is 4.96. The largest absolute Gasteiger partial charge is 0.494 e. The lowest BCUT2D eigenvalue weighted by atomic mass is 9.94. The number of nitrogens with one attached hydrogen (secondary N) is 1. The van der Waals surface area contributed by atoms with E-state index >= 15 is 0 Å². The van der Waals surface area contributed by atoms with Crippen LogP contribution in [-0.2, 0) is 11.2 Å². The quantitative estimate of drug-likeness (QED) is 0.491. The van der Waals surface area contributed by atoms with Gasteiger partial charge in [-0.2, -0.15) is 0 Å². The van der Waals surface area contributed by atoms with Crippen molar-refractivity contribution in [2.75, 3.05) is 19.5 Å². The normalized spacial score (nSPS) is 10.7. The molecule has 0 spiro atoms. The van der Waals surface area contributed by atoms with Gasteiger partial charge in [0.25, 0.3) is 0 Å². The average molecular weight is 399 g/mol. The highest BCUT2D eigenvalue weighted by molar-refractivity contribution is 6.03. The van der Waals surface area contributed by atoms with Crippen LogP contribution >= 0.6 is 0 Å². The van der Waals surface area contributed by atoms with E-state index < -0.39 is 5.97 Å². The van der Waals surface area contributed by atoms with E-state index in [4.69, 9.17) is 9.84 Å². The molecule has 150 valence electrons. The molecule has 0 aliphatic rings. The van der Waals surface area contributed by atoms with Gasteiger partial charge in [0.15, 0.2) is 5.75 Å². The van der Waals surface area contributed by atoms with E-state index in [-0.39, 0.29) is 6.42 Å². The Morgan fingerprint density at radius 3 is 2.37 bits per heavy atom.